The van der Waals surface area contributed by atoms with Crippen LogP contribution in [0.3, 0.4) is 0 Å². The summed E-state index contributed by atoms with van der Waals surface area (Å²) in [4.78, 5) is 4.49. The summed E-state index contributed by atoms with van der Waals surface area (Å²) in [7, 11) is 4.20. The van der Waals surface area contributed by atoms with E-state index in [9.17, 15) is 0 Å². The molecule has 0 saturated heterocycles. The molecule has 0 radical (unpaired) electrons. The van der Waals surface area contributed by atoms with Crippen molar-refractivity contribution in [2.45, 2.75) is 33.9 Å². The first-order chi connectivity index (χ1) is 15.5. The molecule has 0 aliphatic carbocycles. The van der Waals surface area contributed by atoms with Gasteiger partial charge in [0.25, 0.3) is 0 Å². The quantitative estimate of drug-likeness (QED) is 0.241. The number of nitrogens with two attached hydrogens (primary N) is 2. The largest absolute Gasteiger partial charge is 0.384 e. The molecule has 0 heterocycles. The van der Waals surface area contributed by atoms with Gasteiger partial charge in [0.15, 0.2) is 0 Å². The summed E-state index contributed by atoms with van der Waals surface area (Å²) in [6.45, 7) is 7.77. The average Bonchev–Trinajstić information content (AvgIpc) is 2.75. The van der Waals surface area contributed by atoms with Crippen molar-refractivity contribution >= 4 is 47.9 Å². The van der Waals surface area contributed by atoms with E-state index in [2.05, 4.69) is 75.0 Å². The highest BCUT2D eigenvalue weighted by molar-refractivity contribution is 5.95. The second-order valence-electron chi connectivity index (χ2n) is 8.85. The van der Waals surface area contributed by atoms with E-state index in [1.807, 2.05) is 24.3 Å². The first-order valence-corrected chi connectivity index (χ1v) is 11.0. The number of nitrogen functional groups attached to an aromatic ring is 2. The Morgan fingerprint density at radius 3 is 1.34 bits per heavy atom. The Hall–Kier alpha value is -3.22. The molecule has 8 heteroatoms. The molecular formula is C27H36Cl2N6. The fraction of sp³-hybridized carbons (Fsp3) is 0.259. The van der Waals surface area contributed by atoms with Gasteiger partial charge in [-0.15, -0.1) is 24.8 Å². The van der Waals surface area contributed by atoms with E-state index in [0.717, 1.165) is 46.7 Å². The van der Waals surface area contributed by atoms with Crippen LogP contribution in [0.15, 0.2) is 54.6 Å². The van der Waals surface area contributed by atoms with E-state index in [1.54, 1.807) is 0 Å². The van der Waals surface area contributed by atoms with Crippen molar-refractivity contribution in [3.63, 3.8) is 0 Å². The lowest BCUT2D eigenvalue weighted by molar-refractivity contribution is 0.896. The summed E-state index contributed by atoms with van der Waals surface area (Å²) in [5.41, 5.74) is 20.9. The molecule has 0 aliphatic rings. The maximum absolute atomic E-state index is 7.64. The van der Waals surface area contributed by atoms with Crippen molar-refractivity contribution in [3.8, 4) is 0 Å². The minimum Gasteiger partial charge on any atom is -0.384 e. The fourth-order valence-electron chi connectivity index (χ4n) is 3.96. The highest BCUT2D eigenvalue weighted by Crippen LogP contribution is 2.27. The van der Waals surface area contributed by atoms with E-state index >= 15 is 0 Å². The summed E-state index contributed by atoms with van der Waals surface area (Å²) < 4.78 is 0. The number of rotatable bonds is 8. The third-order valence-electron chi connectivity index (χ3n) is 6.05. The first-order valence-electron chi connectivity index (χ1n) is 11.0. The van der Waals surface area contributed by atoms with Crippen LogP contribution in [-0.2, 0) is 13.1 Å². The Morgan fingerprint density at radius 1 is 0.657 bits per heavy atom. The molecule has 6 N–H and O–H groups in total. The number of hydrogen-bond acceptors (Lipinski definition) is 4. The van der Waals surface area contributed by atoms with Gasteiger partial charge in [0.1, 0.15) is 11.7 Å². The van der Waals surface area contributed by atoms with Crippen LogP contribution >= 0.6 is 24.8 Å². The number of aryl methyl sites for hydroxylation is 3. The Labute approximate surface area is 221 Å². The predicted molar refractivity (Wildman–Crippen MR) is 154 cm³/mol. The van der Waals surface area contributed by atoms with E-state index in [4.69, 9.17) is 22.3 Å². The number of benzene rings is 3. The Morgan fingerprint density at radius 2 is 1.03 bits per heavy atom. The second-order valence-corrected chi connectivity index (χ2v) is 8.85. The predicted octanol–water partition coefficient (Wildman–Crippen LogP) is 5.30. The smallest absolute Gasteiger partial charge is 0.122 e. The molecule has 3 aromatic rings. The molecule has 0 aliphatic heterocycles. The zero-order valence-electron chi connectivity index (χ0n) is 21.0. The van der Waals surface area contributed by atoms with E-state index in [0.29, 0.717) is 0 Å². The maximum atomic E-state index is 7.64. The molecule has 0 fully saturated rings. The topological polar surface area (TPSA) is 106 Å². The van der Waals surface area contributed by atoms with Crippen molar-refractivity contribution < 1.29 is 0 Å². The van der Waals surface area contributed by atoms with E-state index in [-0.39, 0.29) is 36.5 Å². The molecule has 0 bridgehead atoms. The maximum Gasteiger partial charge on any atom is 0.122 e. The number of halogens is 2. The Kier molecular flexibility index (Phi) is 10.6. The van der Waals surface area contributed by atoms with Gasteiger partial charge in [0.2, 0.25) is 0 Å². The molecule has 3 aromatic carbocycles. The van der Waals surface area contributed by atoms with Gasteiger partial charge in [-0.05, 0) is 78.9 Å². The van der Waals surface area contributed by atoms with Gasteiger partial charge in [0.05, 0.1) is 0 Å². The number of nitrogens with zero attached hydrogens (tertiary/aromatic N) is 2. The van der Waals surface area contributed by atoms with Crippen LogP contribution in [0.2, 0.25) is 0 Å². The minimum absolute atomic E-state index is 0. The number of amidine groups is 2. The third kappa shape index (κ3) is 7.38. The van der Waals surface area contributed by atoms with Crippen molar-refractivity contribution in [1.29, 1.82) is 10.8 Å². The molecule has 0 atom stereocenters. The highest BCUT2D eigenvalue weighted by atomic mass is 35.5. The number of nitrogens with one attached hydrogen (secondary N) is 2. The lowest BCUT2D eigenvalue weighted by Gasteiger charge is -2.26. The third-order valence-corrected chi connectivity index (χ3v) is 6.05. The van der Waals surface area contributed by atoms with E-state index in [1.165, 1.54) is 16.7 Å². The zero-order valence-corrected chi connectivity index (χ0v) is 22.6. The summed E-state index contributed by atoms with van der Waals surface area (Å²) in [6.07, 6.45) is 0. The highest BCUT2D eigenvalue weighted by Gasteiger charge is 2.11. The number of hydrogen-bond donors (Lipinski definition) is 4. The van der Waals surface area contributed by atoms with Gasteiger partial charge in [-0.25, -0.2) is 0 Å². The summed E-state index contributed by atoms with van der Waals surface area (Å²) in [5.74, 6) is 0.186. The molecular weight excluding hydrogens is 479 g/mol. The van der Waals surface area contributed by atoms with Crippen LogP contribution in [0.25, 0.3) is 0 Å². The van der Waals surface area contributed by atoms with Crippen LogP contribution in [0.5, 0.6) is 0 Å². The van der Waals surface area contributed by atoms with Gasteiger partial charge >= 0.3 is 0 Å². The zero-order chi connectivity index (χ0) is 24.3. The van der Waals surface area contributed by atoms with Crippen LogP contribution in [0.1, 0.15) is 38.9 Å². The Balaban J connectivity index is 0.00000306. The van der Waals surface area contributed by atoms with Crippen molar-refractivity contribution in [2.24, 2.45) is 11.5 Å². The van der Waals surface area contributed by atoms with Crippen molar-refractivity contribution in [2.75, 3.05) is 23.9 Å². The first kappa shape index (κ1) is 29.8. The van der Waals surface area contributed by atoms with E-state index < -0.39 is 0 Å². The van der Waals surface area contributed by atoms with Crippen LogP contribution in [0.4, 0.5) is 11.4 Å². The normalized spacial score (nSPS) is 10.1. The molecule has 0 spiro atoms. The molecule has 0 saturated carbocycles. The fourth-order valence-corrected chi connectivity index (χ4v) is 3.96. The average molecular weight is 516 g/mol. The van der Waals surface area contributed by atoms with Crippen LogP contribution in [-0.4, -0.2) is 25.8 Å². The van der Waals surface area contributed by atoms with Gasteiger partial charge in [-0.2, -0.15) is 0 Å². The molecule has 0 aromatic heterocycles. The van der Waals surface area contributed by atoms with Crippen molar-refractivity contribution in [1.82, 2.24) is 0 Å². The lowest BCUT2D eigenvalue weighted by atomic mass is 10.0. The minimum atomic E-state index is 0. The monoisotopic (exact) mass is 514 g/mol. The Bertz CT molecular complexity index is 1120. The standard InChI is InChI=1S/C27H34N6.2ClH/c1-17-10-24(32(4)15-22-8-6-20(26(28)29)12-18(22)2)14-25(11-17)33(5)16-23-9-7-21(27(30)31)13-19(23)3;;/h6-14H,15-16H2,1-5H3,(H3,28,29)(H3,30,31);2*1H. The lowest BCUT2D eigenvalue weighted by Crippen LogP contribution is -2.20. The van der Waals surface area contributed by atoms with Gasteiger partial charge in [0, 0.05) is 49.7 Å². The molecule has 0 unspecified atom stereocenters. The summed E-state index contributed by atoms with van der Waals surface area (Å²) in [5, 5.41) is 15.3. The SMILES string of the molecule is Cc1cc(N(C)Cc2ccc(C(=N)N)cc2C)cc(N(C)Cc2ccc(C(=N)N)cc2C)c1.Cl.Cl. The van der Waals surface area contributed by atoms with Gasteiger partial charge < -0.3 is 21.3 Å². The molecule has 0 amide bonds. The van der Waals surface area contributed by atoms with Gasteiger partial charge in [-0.3, -0.25) is 10.8 Å². The summed E-state index contributed by atoms with van der Waals surface area (Å²) >= 11 is 0. The van der Waals surface area contributed by atoms with Crippen molar-refractivity contribution in [3.05, 3.63) is 93.5 Å². The summed E-state index contributed by atoms with van der Waals surface area (Å²) in [6, 6.07) is 18.5. The van der Waals surface area contributed by atoms with Crippen LogP contribution < -0.4 is 21.3 Å². The second kappa shape index (κ2) is 12.5. The van der Waals surface area contributed by atoms with Gasteiger partial charge in [-0.1, -0.05) is 24.3 Å². The molecule has 188 valence electrons. The number of anilines is 2. The molecule has 35 heavy (non-hydrogen) atoms. The molecule has 3 rings (SSSR count). The molecule has 6 nitrogen and oxygen atoms in total. The van der Waals surface area contributed by atoms with Crippen LogP contribution in [0, 0.1) is 31.6 Å².